The van der Waals surface area contributed by atoms with Crippen molar-refractivity contribution in [2.45, 2.75) is 19.3 Å². The van der Waals surface area contributed by atoms with Crippen LogP contribution in [0.5, 0.6) is 0 Å². The maximum absolute atomic E-state index is 6.39. The van der Waals surface area contributed by atoms with Crippen molar-refractivity contribution >= 4 is 32.7 Å². The lowest BCUT2D eigenvalue weighted by molar-refractivity contribution is -0.658. The van der Waals surface area contributed by atoms with E-state index in [4.69, 9.17) is 14.5 Å². The van der Waals surface area contributed by atoms with E-state index in [0.717, 1.165) is 49.8 Å². The third kappa shape index (κ3) is 3.67. The number of hydrogen-bond acceptors (Lipinski definition) is 3. The van der Waals surface area contributed by atoms with Gasteiger partial charge in [-0.1, -0.05) is 105 Å². The van der Waals surface area contributed by atoms with Gasteiger partial charge in [-0.15, -0.1) is 0 Å². The number of hydrogen-bond donors (Lipinski definition) is 0. The zero-order valence-electron chi connectivity index (χ0n) is 24.5. The fraction of sp³-hybridized carbons (Fsp3) is 0.0750. The van der Waals surface area contributed by atoms with E-state index >= 15 is 0 Å². The summed E-state index contributed by atoms with van der Waals surface area (Å²) in [5.41, 5.74) is 10.7. The fourth-order valence-electron chi connectivity index (χ4n) is 6.94. The first kappa shape index (κ1) is 24.9. The van der Waals surface area contributed by atoms with Gasteiger partial charge in [0.2, 0.25) is 17.7 Å². The zero-order chi connectivity index (χ0) is 29.4. The minimum atomic E-state index is -0.0999. The van der Waals surface area contributed by atoms with E-state index in [1.807, 2.05) is 41.2 Å². The Labute approximate surface area is 254 Å². The molecule has 4 nitrogen and oxygen atoms in total. The summed E-state index contributed by atoms with van der Waals surface area (Å²) in [5.74, 6) is 0.649. The molecule has 0 bridgehead atoms. The minimum Gasteiger partial charge on any atom is -0.456 e. The first-order chi connectivity index (χ1) is 21.5. The molecule has 9 rings (SSSR count). The van der Waals surface area contributed by atoms with E-state index in [9.17, 15) is 0 Å². The van der Waals surface area contributed by atoms with Crippen LogP contribution in [0.15, 0.2) is 138 Å². The Morgan fingerprint density at radius 3 is 2.20 bits per heavy atom. The lowest BCUT2D eigenvalue weighted by Crippen LogP contribution is -2.36. The van der Waals surface area contributed by atoms with Crippen LogP contribution in [0.3, 0.4) is 0 Å². The molecule has 0 spiro atoms. The molecular formula is C40H28N3O+. The van der Waals surface area contributed by atoms with Crippen molar-refractivity contribution in [2.24, 2.45) is 0 Å². The van der Waals surface area contributed by atoms with Crippen LogP contribution >= 0.6 is 0 Å². The zero-order valence-corrected chi connectivity index (χ0v) is 24.5. The highest BCUT2D eigenvalue weighted by Gasteiger charge is 2.35. The molecule has 0 N–H and O–H groups in total. The lowest BCUT2D eigenvalue weighted by atomic mass is 9.82. The molecule has 0 amide bonds. The number of nitrogens with zero attached hydrogens (tertiary/aromatic N) is 3. The molecule has 0 atom stereocenters. The summed E-state index contributed by atoms with van der Waals surface area (Å²) in [4.78, 5) is 5.25. The second-order valence-corrected chi connectivity index (χ2v) is 12.1. The first-order valence-corrected chi connectivity index (χ1v) is 15.0. The van der Waals surface area contributed by atoms with Crippen molar-refractivity contribution in [1.82, 2.24) is 10.1 Å². The molecule has 0 radical (unpaired) electrons. The Bertz CT molecular complexity index is 2420. The second kappa shape index (κ2) is 9.19. The van der Waals surface area contributed by atoms with Crippen molar-refractivity contribution < 1.29 is 9.10 Å². The van der Waals surface area contributed by atoms with Crippen molar-refractivity contribution in [3.05, 3.63) is 145 Å². The molecule has 6 aromatic carbocycles. The number of rotatable bonds is 3. The maximum atomic E-state index is 6.39. The molecule has 44 heavy (non-hydrogen) atoms. The summed E-state index contributed by atoms with van der Waals surface area (Å²) in [5, 5.41) is 9.51. The number of benzene rings is 6. The highest BCUT2D eigenvalue weighted by atomic mass is 16.3. The Morgan fingerprint density at radius 1 is 0.614 bits per heavy atom. The summed E-state index contributed by atoms with van der Waals surface area (Å²) in [6, 6.07) is 44.6. The molecule has 2 aromatic heterocycles. The predicted molar refractivity (Wildman–Crippen MR) is 177 cm³/mol. The fourth-order valence-corrected chi connectivity index (χ4v) is 6.94. The molecule has 208 valence electrons. The van der Waals surface area contributed by atoms with E-state index in [0.29, 0.717) is 5.82 Å². The topological polar surface area (TPSA) is 42.8 Å². The molecule has 4 heteroatoms. The molecule has 2 heterocycles. The predicted octanol–water partition coefficient (Wildman–Crippen LogP) is 9.45. The van der Waals surface area contributed by atoms with Crippen LogP contribution in [0.25, 0.3) is 72.2 Å². The Hall–Kier alpha value is -5.61. The molecular weight excluding hydrogens is 538 g/mol. The highest BCUT2D eigenvalue weighted by molar-refractivity contribution is 6.15. The van der Waals surface area contributed by atoms with Gasteiger partial charge in [-0.3, -0.25) is 0 Å². The second-order valence-electron chi connectivity index (χ2n) is 12.1. The van der Waals surface area contributed by atoms with E-state index in [2.05, 4.69) is 111 Å². The van der Waals surface area contributed by atoms with Gasteiger partial charge in [0.15, 0.2) is 0 Å². The highest BCUT2D eigenvalue weighted by Crippen LogP contribution is 2.49. The minimum absolute atomic E-state index is 0.0999. The SMILES string of the molecule is CC1(C)c2ccccc2-c2ccc(-c3c[n+](-c4ccccc4)nc(-c4cccc5oc6cc7ccccc7cc6c45)n3)cc21. The first-order valence-electron chi connectivity index (χ1n) is 15.0. The van der Waals surface area contributed by atoms with Crippen LogP contribution in [0.4, 0.5) is 0 Å². The Morgan fingerprint density at radius 2 is 1.34 bits per heavy atom. The van der Waals surface area contributed by atoms with Crippen molar-refractivity contribution in [3.8, 4) is 39.5 Å². The summed E-state index contributed by atoms with van der Waals surface area (Å²) in [6.45, 7) is 4.62. The number of para-hydroxylation sites is 1. The van der Waals surface area contributed by atoms with Gasteiger partial charge >= 0.3 is 0 Å². The monoisotopic (exact) mass is 566 g/mol. The van der Waals surface area contributed by atoms with E-state index in [1.165, 1.54) is 27.6 Å². The van der Waals surface area contributed by atoms with Gasteiger partial charge in [0, 0.05) is 44.5 Å². The van der Waals surface area contributed by atoms with Gasteiger partial charge in [0.05, 0.1) is 0 Å². The molecule has 1 aliphatic carbocycles. The Balaban J connectivity index is 1.28. The van der Waals surface area contributed by atoms with Crippen LogP contribution in [0, 0.1) is 0 Å². The van der Waals surface area contributed by atoms with Gasteiger partial charge in [0.1, 0.15) is 16.9 Å². The van der Waals surface area contributed by atoms with Crippen LogP contribution < -0.4 is 4.68 Å². The van der Waals surface area contributed by atoms with Crippen LogP contribution in [0.2, 0.25) is 0 Å². The smallest absolute Gasteiger partial charge is 0.238 e. The molecule has 1 aliphatic rings. The molecule has 0 saturated carbocycles. The molecule has 0 fully saturated rings. The van der Waals surface area contributed by atoms with Crippen LogP contribution in [0.1, 0.15) is 25.0 Å². The van der Waals surface area contributed by atoms with Gasteiger partial charge in [-0.25, -0.2) is 4.98 Å². The molecule has 0 unspecified atom stereocenters. The van der Waals surface area contributed by atoms with Gasteiger partial charge in [0.25, 0.3) is 0 Å². The van der Waals surface area contributed by atoms with E-state index < -0.39 is 0 Å². The van der Waals surface area contributed by atoms with E-state index in [1.54, 1.807) is 0 Å². The lowest BCUT2D eigenvalue weighted by Gasteiger charge is -2.21. The summed E-state index contributed by atoms with van der Waals surface area (Å²) >= 11 is 0. The third-order valence-electron chi connectivity index (χ3n) is 9.18. The van der Waals surface area contributed by atoms with Crippen LogP contribution in [-0.2, 0) is 5.41 Å². The number of aromatic nitrogens is 3. The Kier molecular flexibility index (Phi) is 5.21. The van der Waals surface area contributed by atoms with Gasteiger partial charge < -0.3 is 4.42 Å². The molecule has 8 aromatic rings. The van der Waals surface area contributed by atoms with E-state index in [-0.39, 0.29) is 5.41 Å². The van der Waals surface area contributed by atoms with Crippen molar-refractivity contribution in [1.29, 1.82) is 0 Å². The van der Waals surface area contributed by atoms with Crippen molar-refractivity contribution in [2.75, 3.05) is 0 Å². The average molecular weight is 567 g/mol. The number of fused-ring (bicyclic) bond motifs is 7. The summed E-state index contributed by atoms with van der Waals surface area (Å²) in [7, 11) is 0. The quantitative estimate of drug-likeness (QED) is 0.200. The van der Waals surface area contributed by atoms with Crippen molar-refractivity contribution in [3.63, 3.8) is 0 Å². The standard InChI is InChI=1S/C40H28N3O/c1-40(2)33-17-9-8-15-29(33)30-20-19-27(22-34(30)40)35-24-43(28-13-4-3-5-14-28)42-39(41-35)31-16-10-18-36-38(31)32-21-25-11-6-7-12-26(25)23-37(32)44-36/h3-24H,1-2H3/q+1. The average Bonchev–Trinajstić information content (AvgIpc) is 3.55. The summed E-state index contributed by atoms with van der Waals surface area (Å²) < 4.78 is 8.34. The van der Waals surface area contributed by atoms with Crippen LogP contribution in [-0.4, -0.2) is 10.1 Å². The van der Waals surface area contributed by atoms with Gasteiger partial charge in [-0.2, -0.15) is 0 Å². The number of furan rings is 1. The normalized spacial score (nSPS) is 13.4. The van der Waals surface area contributed by atoms with Gasteiger partial charge in [-0.05, 0) is 62.0 Å². The molecule has 0 aliphatic heterocycles. The third-order valence-corrected chi connectivity index (χ3v) is 9.18. The maximum Gasteiger partial charge on any atom is 0.238 e. The largest absolute Gasteiger partial charge is 0.456 e. The molecule has 0 saturated heterocycles. The summed E-state index contributed by atoms with van der Waals surface area (Å²) in [6.07, 6.45) is 2.04.